The molecule has 2 amide bonds. The Morgan fingerprint density at radius 1 is 1.31 bits per heavy atom. The van der Waals surface area contributed by atoms with Gasteiger partial charge in [-0.25, -0.2) is 4.79 Å². The Bertz CT molecular complexity index is 208. The van der Waals surface area contributed by atoms with Crippen LogP contribution in [0.1, 0.15) is 41.0 Å². The van der Waals surface area contributed by atoms with E-state index < -0.39 is 0 Å². The van der Waals surface area contributed by atoms with Crippen molar-refractivity contribution in [2.75, 3.05) is 19.7 Å². The van der Waals surface area contributed by atoms with Crippen LogP contribution in [0.2, 0.25) is 0 Å². The Balaban J connectivity index is 4.45. The van der Waals surface area contributed by atoms with Crippen LogP contribution >= 0.6 is 0 Å². The fourth-order valence-electron chi connectivity index (χ4n) is 1.60. The standard InChI is InChI=1S/C12H26N2O2/c1-6-14(7-2)11(16)13-10(8-9-15)12(3,4)5/h10,15H,6-9H2,1-5H3,(H,13,16). The molecule has 0 aromatic rings. The first-order valence-corrected chi connectivity index (χ1v) is 6.03. The summed E-state index contributed by atoms with van der Waals surface area (Å²) in [6, 6.07) is -0.0380. The summed E-state index contributed by atoms with van der Waals surface area (Å²) >= 11 is 0. The molecule has 0 saturated heterocycles. The third-order valence-corrected chi connectivity index (χ3v) is 2.81. The summed E-state index contributed by atoms with van der Waals surface area (Å²) in [5.41, 5.74) is -0.0362. The van der Waals surface area contributed by atoms with Crippen LogP contribution in [0.15, 0.2) is 0 Å². The van der Waals surface area contributed by atoms with Gasteiger partial charge in [-0.1, -0.05) is 20.8 Å². The molecule has 0 aromatic heterocycles. The maximum Gasteiger partial charge on any atom is 0.317 e. The number of hydrogen-bond acceptors (Lipinski definition) is 2. The van der Waals surface area contributed by atoms with E-state index in [1.54, 1.807) is 4.90 Å². The highest BCUT2D eigenvalue weighted by atomic mass is 16.3. The largest absolute Gasteiger partial charge is 0.396 e. The number of amides is 2. The number of aliphatic hydroxyl groups excluding tert-OH is 1. The molecule has 0 aromatic carbocycles. The van der Waals surface area contributed by atoms with Crippen LogP contribution in [0.4, 0.5) is 4.79 Å². The van der Waals surface area contributed by atoms with E-state index in [2.05, 4.69) is 26.1 Å². The molecule has 0 radical (unpaired) electrons. The van der Waals surface area contributed by atoms with Crippen molar-refractivity contribution >= 4 is 6.03 Å². The lowest BCUT2D eigenvalue weighted by molar-refractivity contribution is 0.168. The summed E-state index contributed by atoms with van der Waals surface area (Å²) in [6.07, 6.45) is 0.594. The number of urea groups is 1. The van der Waals surface area contributed by atoms with Gasteiger partial charge in [0.2, 0.25) is 0 Å². The highest BCUT2D eigenvalue weighted by Crippen LogP contribution is 2.21. The maximum absolute atomic E-state index is 11.9. The average Bonchev–Trinajstić information content (AvgIpc) is 2.17. The molecular formula is C12H26N2O2. The molecule has 0 rings (SSSR count). The molecule has 4 heteroatoms. The van der Waals surface area contributed by atoms with Gasteiger partial charge in [-0.05, 0) is 25.7 Å². The number of nitrogens with one attached hydrogen (secondary N) is 1. The van der Waals surface area contributed by atoms with Gasteiger partial charge in [0.05, 0.1) is 0 Å². The third-order valence-electron chi connectivity index (χ3n) is 2.81. The Morgan fingerprint density at radius 2 is 1.81 bits per heavy atom. The molecular weight excluding hydrogens is 204 g/mol. The lowest BCUT2D eigenvalue weighted by Gasteiger charge is -2.33. The van der Waals surface area contributed by atoms with Crippen molar-refractivity contribution in [2.24, 2.45) is 5.41 Å². The van der Waals surface area contributed by atoms with Gasteiger partial charge in [-0.2, -0.15) is 0 Å². The molecule has 1 unspecified atom stereocenters. The minimum absolute atomic E-state index is 0.00519. The van der Waals surface area contributed by atoms with Gasteiger partial charge in [0.25, 0.3) is 0 Å². The van der Waals surface area contributed by atoms with Crippen molar-refractivity contribution in [3.63, 3.8) is 0 Å². The zero-order valence-corrected chi connectivity index (χ0v) is 11.2. The van der Waals surface area contributed by atoms with Gasteiger partial charge in [0.15, 0.2) is 0 Å². The van der Waals surface area contributed by atoms with Crippen molar-refractivity contribution in [1.82, 2.24) is 10.2 Å². The summed E-state index contributed by atoms with van der Waals surface area (Å²) in [7, 11) is 0. The molecule has 0 bridgehead atoms. The molecule has 0 aliphatic carbocycles. The fourth-order valence-corrected chi connectivity index (χ4v) is 1.60. The molecule has 0 spiro atoms. The molecule has 0 aliphatic rings. The first-order valence-electron chi connectivity index (χ1n) is 6.03. The molecule has 0 fully saturated rings. The number of carbonyl (C=O) groups excluding carboxylic acids is 1. The van der Waals surface area contributed by atoms with E-state index in [9.17, 15) is 4.79 Å². The Kier molecular flexibility index (Phi) is 6.41. The second kappa shape index (κ2) is 6.74. The predicted octanol–water partition coefficient (Wildman–Crippen LogP) is 1.83. The smallest absolute Gasteiger partial charge is 0.317 e. The van der Waals surface area contributed by atoms with Crippen molar-refractivity contribution < 1.29 is 9.90 Å². The van der Waals surface area contributed by atoms with Crippen LogP contribution in [0.5, 0.6) is 0 Å². The maximum atomic E-state index is 11.9. The summed E-state index contributed by atoms with van der Waals surface area (Å²) in [5, 5.41) is 12.0. The second-order valence-electron chi connectivity index (χ2n) is 5.05. The van der Waals surface area contributed by atoms with Gasteiger partial charge in [0, 0.05) is 25.7 Å². The van der Waals surface area contributed by atoms with Crippen LogP contribution in [0.25, 0.3) is 0 Å². The number of hydrogen-bond donors (Lipinski definition) is 2. The fraction of sp³-hybridized carbons (Fsp3) is 0.917. The summed E-state index contributed by atoms with van der Waals surface area (Å²) < 4.78 is 0. The predicted molar refractivity (Wildman–Crippen MR) is 66.4 cm³/mol. The molecule has 2 N–H and O–H groups in total. The first kappa shape index (κ1) is 15.2. The Labute approximate surface area is 99.0 Å². The van der Waals surface area contributed by atoms with E-state index in [1.807, 2.05) is 13.8 Å². The van der Waals surface area contributed by atoms with Gasteiger partial charge < -0.3 is 15.3 Å². The monoisotopic (exact) mass is 230 g/mol. The molecule has 0 heterocycles. The minimum Gasteiger partial charge on any atom is -0.396 e. The average molecular weight is 230 g/mol. The topological polar surface area (TPSA) is 52.6 Å². The minimum atomic E-state index is -0.0432. The zero-order valence-electron chi connectivity index (χ0n) is 11.2. The van der Waals surface area contributed by atoms with Crippen LogP contribution in [0, 0.1) is 5.41 Å². The molecule has 16 heavy (non-hydrogen) atoms. The Hall–Kier alpha value is -0.770. The molecule has 0 saturated carbocycles. The van der Waals surface area contributed by atoms with Crippen LogP contribution < -0.4 is 5.32 Å². The number of aliphatic hydroxyl groups is 1. The van der Waals surface area contributed by atoms with Crippen molar-refractivity contribution in [3.8, 4) is 0 Å². The highest BCUT2D eigenvalue weighted by molar-refractivity contribution is 5.74. The van der Waals surface area contributed by atoms with Crippen molar-refractivity contribution in [3.05, 3.63) is 0 Å². The summed E-state index contributed by atoms with van der Waals surface area (Å²) in [6.45, 7) is 11.6. The van der Waals surface area contributed by atoms with Crippen LogP contribution in [0.3, 0.4) is 0 Å². The van der Waals surface area contributed by atoms with E-state index in [1.165, 1.54) is 0 Å². The quantitative estimate of drug-likeness (QED) is 0.757. The van der Waals surface area contributed by atoms with Gasteiger partial charge in [-0.15, -0.1) is 0 Å². The number of nitrogens with zero attached hydrogens (tertiary/aromatic N) is 1. The molecule has 4 nitrogen and oxygen atoms in total. The number of carbonyl (C=O) groups is 1. The normalized spacial score (nSPS) is 13.4. The van der Waals surface area contributed by atoms with Crippen molar-refractivity contribution in [2.45, 2.75) is 47.1 Å². The lowest BCUT2D eigenvalue weighted by Crippen LogP contribution is -2.49. The van der Waals surface area contributed by atoms with E-state index in [0.717, 1.165) is 0 Å². The number of rotatable bonds is 5. The first-order chi connectivity index (χ1) is 7.36. The van der Waals surface area contributed by atoms with Gasteiger partial charge in [0.1, 0.15) is 0 Å². The molecule has 1 atom stereocenters. The van der Waals surface area contributed by atoms with Crippen molar-refractivity contribution in [1.29, 1.82) is 0 Å². The summed E-state index contributed by atoms with van der Waals surface area (Å²) in [4.78, 5) is 13.6. The SMILES string of the molecule is CCN(CC)C(=O)NC(CCO)C(C)(C)C. The summed E-state index contributed by atoms with van der Waals surface area (Å²) in [5.74, 6) is 0. The van der Waals surface area contributed by atoms with E-state index >= 15 is 0 Å². The zero-order chi connectivity index (χ0) is 12.8. The van der Waals surface area contributed by atoms with E-state index in [0.29, 0.717) is 19.5 Å². The van der Waals surface area contributed by atoms with E-state index in [-0.39, 0.29) is 24.1 Å². The molecule has 0 aliphatic heterocycles. The van der Waals surface area contributed by atoms with Gasteiger partial charge in [-0.3, -0.25) is 0 Å². The molecule has 96 valence electrons. The highest BCUT2D eigenvalue weighted by Gasteiger charge is 2.26. The Morgan fingerprint density at radius 3 is 2.12 bits per heavy atom. The third kappa shape index (κ3) is 4.84. The second-order valence-corrected chi connectivity index (χ2v) is 5.05. The van der Waals surface area contributed by atoms with Gasteiger partial charge >= 0.3 is 6.03 Å². The van der Waals surface area contributed by atoms with Crippen LogP contribution in [-0.4, -0.2) is 41.8 Å². The van der Waals surface area contributed by atoms with E-state index in [4.69, 9.17) is 5.11 Å². The van der Waals surface area contributed by atoms with Crippen LogP contribution in [-0.2, 0) is 0 Å². The lowest BCUT2D eigenvalue weighted by atomic mass is 9.85.